The first kappa shape index (κ1) is 15.0. The molecule has 5 nitrogen and oxygen atoms in total. The lowest BCUT2D eigenvalue weighted by Crippen LogP contribution is -2.35. The molecule has 1 saturated heterocycles. The first-order valence-corrected chi connectivity index (χ1v) is 7.07. The molecule has 0 aliphatic carbocycles. The molecule has 1 amide bonds. The molecule has 0 radical (unpaired) electrons. The zero-order valence-electron chi connectivity index (χ0n) is 11.0. The maximum atomic E-state index is 12.0. The minimum absolute atomic E-state index is 0. The van der Waals surface area contributed by atoms with Crippen LogP contribution in [0.5, 0.6) is 5.75 Å². The molecular formula is C13H16ClN3O2S. The molecule has 1 aliphatic rings. The Hall–Kier alpha value is -1.37. The number of hydrogen-bond donors (Lipinski definition) is 2. The van der Waals surface area contributed by atoms with Gasteiger partial charge in [0.2, 0.25) is 5.91 Å². The number of thiazole rings is 1. The molecule has 0 spiro atoms. The highest BCUT2D eigenvalue weighted by Gasteiger charge is 2.23. The van der Waals surface area contributed by atoms with E-state index in [-0.39, 0.29) is 24.4 Å². The molecule has 2 N–H and O–H groups in total. The zero-order valence-corrected chi connectivity index (χ0v) is 12.6. The molecule has 1 aromatic carbocycles. The summed E-state index contributed by atoms with van der Waals surface area (Å²) in [5, 5.41) is 6.67. The highest BCUT2D eigenvalue weighted by atomic mass is 35.5. The van der Waals surface area contributed by atoms with Gasteiger partial charge in [0, 0.05) is 0 Å². The van der Waals surface area contributed by atoms with E-state index in [4.69, 9.17) is 4.74 Å². The minimum Gasteiger partial charge on any atom is -0.494 e. The molecule has 2 aromatic rings. The van der Waals surface area contributed by atoms with Crippen LogP contribution in [-0.4, -0.2) is 30.6 Å². The number of carbonyl (C=O) groups excluding carboxylic acids is 1. The number of nitrogens with one attached hydrogen (secondary N) is 2. The summed E-state index contributed by atoms with van der Waals surface area (Å²) in [5.41, 5.74) is 0.796. The van der Waals surface area contributed by atoms with E-state index < -0.39 is 0 Å². The second-order valence-corrected chi connectivity index (χ2v) is 5.49. The summed E-state index contributed by atoms with van der Waals surface area (Å²) in [5.74, 6) is 0.726. The Balaban J connectivity index is 0.00000147. The molecule has 0 saturated carbocycles. The van der Waals surface area contributed by atoms with Crippen molar-refractivity contribution < 1.29 is 9.53 Å². The van der Waals surface area contributed by atoms with E-state index in [1.165, 1.54) is 11.3 Å². The zero-order chi connectivity index (χ0) is 13.2. The number of benzene rings is 1. The Labute approximate surface area is 127 Å². The number of fused-ring (bicyclic) bond motifs is 1. The van der Waals surface area contributed by atoms with Crippen molar-refractivity contribution in [2.45, 2.75) is 18.9 Å². The molecule has 2 heterocycles. The van der Waals surface area contributed by atoms with Crippen molar-refractivity contribution >= 4 is 45.0 Å². The van der Waals surface area contributed by atoms with Gasteiger partial charge in [0.05, 0.1) is 17.9 Å². The van der Waals surface area contributed by atoms with Crippen LogP contribution in [0.4, 0.5) is 5.13 Å². The number of amides is 1. The Morgan fingerprint density at radius 2 is 2.40 bits per heavy atom. The Morgan fingerprint density at radius 1 is 1.55 bits per heavy atom. The van der Waals surface area contributed by atoms with Crippen molar-refractivity contribution in [2.75, 3.05) is 19.0 Å². The van der Waals surface area contributed by atoms with Gasteiger partial charge >= 0.3 is 0 Å². The lowest BCUT2D eigenvalue weighted by atomic mass is 10.2. The van der Waals surface area contributed by atoms with Crippen LogP contribution in [0.15, 0.2) is 18.2 Å². The molecular weight excluding hydrogens is 298 g/mol. The molecule has 20 heavy (non-hydrogen) atoms. The number of rotatable bonds is 3. The minimum atomic E-state index is -0.0890. The number of methoxy groups -OCH3 is 1. The van der Waals surface area contributed by atoms with E-state index in [1.807, 2.05) is 18.2 Å². The fraction of sp³-hybridized carbons (Fsp3) is 0.385. The molecule has 1 aliphatic heterocycles. The summed E-state index contributed by atoms with van der Waals surface area (Å²) in [7, 11) is 1.62. The van der Waals surface area contributed by atoms with Gasteiger partial charge in [-0.3, -0.25) is 4.79 Å². The van der Waals surface area contributed by atoms with Gasteiger partial charge in [0.15, 0.2) is 5.13 Å². The molecule has 7 heteroatoms. The summed E-state index contributed by atoms with van der Waals surface area (Å²) in [4.78, 5) is 16.4. The van der Waals surface area contributed by atoms with Crippen LogP contribution in [0.3, 0.4) is 0 Å². The summed E-state index contributed by atoms with van der Waals surface area (Å²) in [6.45, 7) is 0.908. The summed E-state index contributed by atoms with van der Waals surface area (Å²) in [6, 6.07) is 5.67. The molecule has 1 atom stereocenters. The number of carbonyl (C=O) groups is 1. The molecule has 108 valence electrons. The van der Waals surface area contributed by atoms with Gasteiger partial charge < -0.3 is 15.4 Å². The lowest BCUT2D eigenvalue weighted by molar-refractivity contribution is -0.117. The maximum absolute atomic E-state index is 12.0. The number of hydrogen-bond acceptors (Lipinski definition) is 5. The van der Waals surface area contributed by atoms with Gasteiger partial charge in [-0.15, -0.1) is 12.4 Å². The molecule has 1 unspecified atom stereocenters. The highest BCUT2D eigenvalue weighted by Crippen LogP contribution is 2.32. The van der Waals surface area contributed by atoms with Crippen molar-refractivity contribution in [2.24, 2.45) is 0 Å². The Kier molecular flexibility index (Phi) is 4.80. The topological polar surface area (TPSA) is 63.2 Å². The van der Waals surface area contributed by atoms with E-state index in [1.54, 1.807) is 7.11 Å². The number of para-hydroxylation sites is 1. The average molecular weight is 314 g/mol. The first-order chi connectivity index (χ1) is 9.28. The molecule has 1 aromatic heterocycles. The van der Waals surface area contributed by atoms with Gasteiger partial charge in [-0.2, -0.15) is 0 Å². The van der Waals surface area contributed by atoms with Crippen LogP contribution < -0.4 is 15.4 Å². The van der Waals surface area contributed by atoms with E-state index in [0.717, 1.165) is 35.4 Å². The largest absolute Gasteiger partial charge is 0.494 e. The van der Waals surface area contributed by atoms with Crippen molar-refractivity contribution in [3.8, 4) is 5.75 Å². The van der Waals surface area contributed by atoms with E-state index in [9.17, 15) is 4.79 Å². The van der Waals surface area contributed by atoms with Crippen molar-refractivity contribution in [1.82, 2.24) is 10.3 Å². The van der Waals surface area contributed by atoms with Gasteiger partial charge in [-0.1, -0.05) is 17.4 Å². The predicted octanol–water partition coefficient (Wildman–Crippen LogP) is 2.42. The number of halogens is 1. The van der Waals surface area contributed by atoms with Crippen LogP contribution >= 0.6 is 23.7 Å². The third kappa shape index (κ3) is 2.87. The third-order valence-corrected chi connectivity index (χ3v) is 4.14. The van der Waals surface area contributed by atoms with E-state index >= 15 is 0 Å². The predicted molar refractivity (Wildman–Crippen MR) is 83.1 cm³/mol. The lowest BCUT2D eigenvalue weighted by Gasteiger charge is -2.08. The van der Waals surface area contributed by atoms with Crippen LogP contribution in [0.2, 0.25) is 0 Å². The summed E-state index contributed by atoms with van der Waals surface area (Å²) >= 11 is 1.46. The highest BCUT2D eigenvalue weighted by molar-refractivity contribution is 7.22. The van der Waals surface area contributed by atoms with E-state index in [0.29, 0.717) is 5.13 Å². The molecule has 0 bridgehead atoms. The summed E-state index contributed by atoms with van der Waals surface area (Å²) < 4.78 is 6.27. The van der Waals surface area contributed by atoms with Crippen LogP contribution in [0, 0.1) is 0 Å². The molecule has 3 rings (SSSR count). The van der Waals surface area contributed by atoms with Gasteiger partial charge in [0.1, 0.15) is 11.3 Å². The fourth-order valence-corrected chi connectivity index (χ4v) is 3.13. The maximum Gasteiger partial charge on any atom is 0.243 e. The Bertz CT molecular complexity index is 611. The quantitative estimate of drug-likeness (QED) is 0.913. The first-order valence-electron chi connectivity index (χ1n) is 6.26. The standard InChI is InChI=1S/C13H15N3O2S.ClH/c1-18-9-5-2-6-10-11(9)15-13(19-10)16-12(17)8-4-3-7-14-8;/h2,5-6,8,14H,3-4,7H2,1H3,(H,15,16,17);1H. The SMILES string of the molecule is COc1cccc2sc(NC(=O)C3CCCN3)nc12.Cl. The second kappa shape index (κ2) is 6.39. The van der Waals surface area contributed by atoms with Crippen molar-refractivity contribution in [1.29, 1.82) is 0 Å². The number of anilines is 1. The van der Waals surface area contributed by atoms with Gasteiger partial charge in [0.25, 0.3) is 0 Å². The number of aromatic nitrogens is 1. The average Bonchev–Trinajstić information content (AvgIpc) is 3.06. The number of ether oxygens (including phenoxy) is 1. The normalized spacial score (nSPS) is 17.8. The van der Waals surface area contributed by atoms with Crippen molar-refractivity contribution in [3.05, 3.63) is 18.2 Å². The van der Waals surface area contributed by atoms with Crippen LogP contribution in [0.25, 0.3) is 10.2 Å². The number of nitrogens with zero attached hydrogens (tertiary/aromatic N) is 1. The third-order valence-electron chi connectivity index (χ3n) is 3.21. The van der Waals surface area contributed by atoms with Gasteiger partial charge in [-0.25, -0.2) is 4.98 Å². The monoisotopic (exact) mass is 313 g/mol. The fourth-order valence-electron chi connectivity index (χ4n) is 2.24. The van der Waals surface area contributed by atoms with Gasteiger partial charge in [-0.05, 0) is 31.5 Å². The second-order valence-electron chi connectivity index (χ2n) is 4.46. The summed E-state index contributed by atoms with van der Waals surface area (Å²) in [6.07, 6.45) is 1.94. The van der Waals surface area contributed by atoms with Crippen LogP contribution in [0.1, 0.15) is 12.8 Å². The Morgan fingerprint density at radius 3 is 3.10 bits per heavy atom. The van der Waals surface area contributed by atoms with Crippen molar-refractivity contribution in [3.63, 3.8) is 0 Å². The molecule has 1 fully saturated rings. The van der Waals surface area contributed by atoms with Crippen LogP contribution in [-0.2, 0) is 4.79 Å². The van der Waals surface area contributed by atoms with E-state index in [2.05, 4.69) is 15.6 Å². The smallest absolute Gasteiger partial charge is 0.243 e.